The summed E-state index contributed by atoms with van der Waals surface area (Å²) in [6.45, 7) is 3.02. The van der Waals surface area contributed by atoms with Crippen LogP contribution in [-0.2, 0) is 9.59 Å². The molecule has 3 nitrogen and oxygen atoms in total. The Morgan fingerprint density at radius 2 is 1.38 bits per heavy atom. The molecule has 0 saturated carbocycles. The number of amides is 1. The molecular formula is C18H34NO2. The third-order valence-corrected chi connectivity index (χ3v) is 3.79. The van der Waals surface area contributed by atoms with Crippen molar-refractivity contribution in [3.63, 3.8) is 0 Å². The molecule has 1 radical (unpaired) electrons. The molecular weight excluding hydrogens is 262 g/mol. The van der Waals surface area contributed by atoms with Gasteiger partial charge in [-0.15, -0.1) is 0 Å². The van der Waals surface area contributed by atoms with E-state index in [9.17, 15) is 9.59 Å². The zero-order chi connectivity index (χ0) is 15.6. The number of hydrogen-bond donors (Lipinski definition) is 1. The van der Waals surface area contributed by atoms with Crippen LogP contribution in [-0.4, -0.2) is 18.7 Å². The summed E-state index contributed by atoms with van der Waals surface area (Å²) in [6.07, 6.45) is 17.4. The fourth-order valence-corrected chi connectivity index (χ4v) is 2.41. The smallest absolute Gasteiger partial charge is 0.219 e. The van der Waals surface area contributed by atoms with Gasteiger partial charge in [0.15, 0.2) is 6.29 Å². The Balaban J connectivity index is 3.10. The summed E-state index contributed by atoms with van der Waals surface area (Å²) in [5, 5.41) is 3.01. The Morgan fingerprint density at radius 3 is 2.00 bits per heavy atom. The maximum Gasteiger partial charge on any atom is 0.219 e. The van der Waals surface area contributed by atoms with E-state index in [4.69, 9.17) is 0 Å². The summed E-state index contributed by atoms with van der Waals surface area (Å²) in [4.78, 5) is 21.5. The maximum atomic E-state index is 11.5. The van der Waals surface area contributed by atoms with Gasteiger partial charge in [0.1, 0.15) is 0 Å². The van der Waals surface area contributed by atoms with Gasteiger partial charge in [-0.25, -0.2) is 0 Å². The molecule has 1 N–H and O–H groups in total. The highest BCUT2D eigenvalue weighted by atomic mass is 16.1. The van der Waals surface area contributed by atoms with Crippen LogP contribution in [0.1, 0.15) is 96.8 Å². The van der Waals surface area contributed by atoms with E-state index in [1.165, 1.54) is 51.4 Å². The fraction of sp³-hybridized carbons (Fsp3) is 0.889. The lowest BCUT2D eigenvalue weighted by atomic mass is 10.1. The van der Waals surface area contributed by atoms with Crippen LogP contribution in [0, 0.1) is 0 Å². The van der Waals surface area contributed by atoms with Gasteiger partial charge in [0.2, 0.25) is 5.91 Å². The third-order valence-electron chi connectivity index (χ3n) is 3.79. The van der Waals surface area contributed by atoms with E-state index < -0.39 is 0 Å². The average molecular weight is 296 g/mol. The van der Waals surface area contributed by atoms with Crippen LogP contribution in [0.4, 0.5) is 0 Å². The van der Waals surface area contributed by atoms with Crippen LogP contribution in [0.25, 0.3) is 0 Å². The highest BCUT2D eigenvalue weighted by Crippen LogP contribution is 2.09. The zero-order valence-electron chi connectivity index (χ0n) is 13.9. The lowest BCUT2D eigenvalue weighted by Crippen LogP contribution is -2.23. The molecule has 123 valence electrons. The molecule has 0 aliphatic carbocycles. The minimum absolute atomic E-state index is 0.220. The van der Waals surface area contributed by atoms with Crippen molar-refractivity contribution < 1.29 is 9.59 Å². The first-order valence-electron chi connectivity index (χ1n) is 8.93. The molecule has 3 heteroatoms. The first-order valence-corrected chi connectivity index (χ1v) is 8.93. The maximum absolute atomic E-state index is 11.5. The molecule has 0 aromatic heterocycles. The summed E-state index contributed by atoms with van der Waals surface area (Å²) in [6, 6.07) is 0. The Labute approximate surface area is 131 Å². The number of hydrogen-bond acceptors (Lipinski definition) is 2. The Kier molecular flexibility index (Phi) is 16.5. The van der Waals surface area contributed by atoms with Crippen molar-refractivity contribution in [1.82, 2.24) is 5.32 Å². The van der Waals surface area contributed by atoms with Gasteiger partial charge < -0.3 is 5.32 Å². The van der Waals surface area contributed by atoms with Gasteiger partial charge in [-0.05, 0) is 19.3 Å². The van der Waals surface area contributed by atoms with Gasteiger partial charge in [0.05, 0.1) is 0 Å². The highest BCUT2D eigenvalue weighted by molar-refractivity contribution is 5.75. The predicted molar refractivity (Wildman–Crippen MR) is 89.0 cm³/mol. The highest BCUT2D eigenvalue weighted by Gasteiger charge is 1.99. The SMILES string of the molecule is CCCCCCC(=O)NCCCCCCCCCC[C]=O. The van der Waals surface area contributed by atoms with Crippen molar-refractivity contribution in [2.75, 3.05) is 6.54 Å². The molecule has 0 unspecified atom stereocenters. The van der Waals surface area contributed by atoms with Crippen LogP contribution in [0.3, 0.4) is 0 Å². The minimum atomic E-state index is 0.220. The van der Waals surface area contributed by atoms with Crippen LogP contribution < -0.4 is 5.32 Å². The number of rotatable bonds is 16. The van der Waals surface area contributed by atoms with Gasteiger partial charge in [-0.1, -0.05) is 64.7 Å². The monoisotopic (exact) mass is 296 g/mol. The largest absolute Gasteiger partial charge is 0.356 e. The van der Waals surface area contributed by atoms with Crippen molar-refractivity contribution in [2.45, 2.75) is 96.8 Å². The van der Waals surface area contributed by atoms with Gasteiger partial charge in [-0.2, -0.15) is 0 Å². The molecule has 0 rings (SSSR count). The zero-order valence-corrected chi connectivity index (χ0v) is 13.9. The van der Waals surface area contributed by atoms with Crippen molar-refractivity contribution >= 4 is 12.2 Å². The predicted octanol–water partition coefficient (Wildman–Crippen LogP) is 4.69. The number of carbonyl (C=O) groups is 1. The lowest BCUT2D eigenvalue weighted by molar-refractivity contribution is -0.121. The van der Waals surface area contributed by atoms with Crippen LogP contribution in [0.5, 0.6) is 0 Å². The summed E-state index contributed by atoms with van der Waals surface area (Å²) < 4.78 is 0. The second-order valence-corrected chi connectivity index (χ2v) is 5.88. The Bertz CT molecular complexity index is 241. The van der Waals surface area contributed by atoms with Crippen molar-refractivity contribution in [3.05, 3.63) is 0 Å². The first-order chi connectivity index (χ1) is 10.3. The topological polar surface area (TPSA) is 46.2 Å². The number of unbranched alkanes of at least 4 members (excludes halogenated alkanes) is 11. The molecule has 0 heterocycles. The minimum Gasteiger partial charge on any atom is -0.356 e. The lowest BCUT2D eigenvalue weighted by Gasteiger charge is -2.05. The van der Waals surface area contributed by atoms with E-state index in [0.29, 0.717) is 12.8 Å². The second-order valence-electron chi connectivity index (χ2n) is 5.88. The third kappa shape index (κ3) is 17.1. The molecule has 0 fully saturated rings. The summed E-state index contributed by atoms with van der Waals surface area (Å²) in [5.41, 5.74) is 0. The summed E-state index contributed by atoms with van der Waals surface area (Å²) in [7, 11) is 0. The van der Waals surface area contributed by atoms with Crippen LogP contribution in [0.15, 0.2) is 0 Å². The van der Waals surface area contributed by atoms with Gasteiger partial charge >= 0.3 is 0 Å². The Morgan fingerprint density at radius 1 is 0.810 bits per heavy atom. The molecule has 0 atom stereocenters. The van der Waals surface area contributed by atoms with E-state index in [1.54, 1.807) is 0 Å². The second kappa shape index (κ2) is 17.2. The fourth-order valence-electron chi connectivity index (χ4n) is 2.41. The van der Waals surface area contributed by atoms with E-state index in [2.05, 4.69) is 12.2 Å². The van der Waals surface area contributed by atoms with Crippen molar-refractivity contribution in [1.29, 1.82) is 0 Å². The van der Waals surface area contributed by atoms with Crippen LogP contribution >= 0.6 is 0 Å². The van der Waals surface area contributed by atoms with E-state index in [-0.39, 0.29) is 5.91 Å². The summed E-state index contributed by atoms with van der Waals surface area (Å²) in [5.74, 6) is 0.220. The molecule has 21 heavy (non-hydrogen) atoms. The molecule has 0 aliphatic heterocycles. The number of carbonyl (C=O) groups excluding carboxylic acids is 2. The molecule has 1 amide bonds. The van der Waals surface area contributed by atoms with Gasteiger partial charge in [0.25, 0.3) is 0 Å². The van der Waals surface area contributed by atoms with E-state index in [1.807, 2.05) is 6.29 Å². The molecule has 0 aromatic rings. The molecule has 0 aliphatic rings. The molecule has 0 spiro atoms. The molecule has 0 aromatic carbocycles. The van der Waals surface area contributed by atoms with E-state index >= 15 is 0 Å². The number of nitrogens with one attached hydrogen (secondary N) is 1. The normalized spacial score (nSPS) is 10.5. The van der Waals surface area contributed by atoms with E-state index in [0.717, 1.165) is 32.2 Å². The quantitative estimate of drug-likeness (QED) is 0.420. The van der Waals surface area contributed by atoms with Gasteiger partial charge in [-0.3, -0.25) is 9.59 Å². The molecule has 0 bridgehead atoms. The van der Waals surface area contributed by atoms with Crippen molar-refractivity contribution in [2.24, 2.45) is 0 Å². The first kappa shape index (κ1) is 20.1. The average Bonchev–Trinajstić information content (AvgIpc) is 2.49. The standard InChI is InChI=1S/C18H34NO2/c1-2-3-4-12-15-18(21)19-16-13-10-8-6-5-7-9-11-14-17-20/h2-16H2,1H3,(H,19,21). The Hall–Kier alpha value is -0.860. The molecule has 0 saturated heterocycles. The van der Waals surface area contributed by atoms with Crippen LogP contribution in [0.2, 0.25) is 0 Å². The van der Waals surface area contributed by atoms with Crippen molar-refractivity contribution in [3.8, 4) is 0 Å². The summed E-state index contributed by atoms with van der Waals surface area (Å²) >= 11 is 0. The van der Waals surface area contributed by atoms with Gasteiger partial charge in [0, 0.05) is 19.4 Å².